The van der Waals surface area contributed by atoms with Crippen molar-refractivity contribution in [1.82, 2.24) is 20.6 Å². The van der Waals surface area contributed by atoms with Gasteiger partial charge in [0.25, 0.3) is 11.1 Å². The Balaban J connectivity index is 1.63. The van der Waals surface area contributed by atoms with Crippen LogP contribution in [0.25, 0.3) is 6.08 Å². The first kappa shape index (κ1) is 15.0. The summed E-state index contributed by atoms with van der Waals surface area (Å²) >= 11 is 0.883. The lowest BCUT2D eigenvalue weighted by Gasteiger charge is -2.22. The number of hydrogen-bond acceptors (Lipinski definition) is 7. The van der Waals surface area contributed by atoms with Crippen LogP contribution in [0.5, 0.6) is 0 Å². The van der Waals surface area contributed by atoms with Gasteiger partial charge in [0.05, 0.1) is 10.6 Å². The summed E-state index contributed by atoms with van der Waals surface area (Å²) in [6.45, 7) is 2.92. The molecule has 3 rings (SSSR count). The molecule has 0 aliphatic carbocycles. The van der Waals surface area contributed by atoms with Crippen molar-refractivity contribution < 1.29 is 9.59 Å². The number of anilines is 1. The van der Waals surface area contributed by atoms with Crippen molar-refractivity contribution in [3.8, 4) is 0 Å². The molecular formula is C14H17N5O2S. The molecule has 0 saturated carbocycles. The molecule has 116 valence electrons. The number of hydrogen-bond donors (Lipinski definition) is 3. The van der Waals surface area contributed by atoms with Gasteiger partial charge in [-0.25, -0.2) is 9.97 Å². The largest absolute Gasteiger partial charge is 0.354 e. The SMILES string of the molecule is O=C1NC(=O)C(=Cc2ccnc(NCC3CCCNC3)n2)S1. The van der Waals surface area contributed by atoms with Crippen LogP contribution >= 0.6 is 11.8 Å². The average molecular weight is 319 g/mol. The Morgan fingerprint density at radius 2 is 2.36 bits per heavy atom. The minimum Gasteiger partial charge on any atom is -0.354 e. The summed E-state index contributed by atoms with van der Waals surface area (Å²) in [5.41, 5.74) is 0.603. The van der Waals surface area contributed by atoms with Gasteiger partial charge in [-0.1, -0.05) is 0 Å². The number of amides is 2. The molecule has 7 nitrogen and oxygen atoms in total. The van der Waals surface area contributed by atoms with E-state index in [1.807, 2.05) is 0 Å². The second-order valence-corrected chi connectivity index (χ2v) is 6.27. The van der Waals surface area contributed by atoms with E-state index < -0.39 is 0 Å². The Bertz CT molecular complexity index is 613. The van der Waals surface area contributed by atoms with E-state index in [-0.39, 0.29) is 11.1 Å². The van der Waals surface area contributed by atoms with E-state index in [4.69, 9.17) is 0 Å². The highest BCUT2D eigenvalue weighted by molar-refractivity contribution is 8.18. The van der Waals surface area contributed by atoms with Crippen LogP contribution < -0.4 is 16.0 Å². The minimum absolute atomic E-state index is 0.353. The predicted molar refractivity (Wildman–Crippen MR) is 85.2 cm³/mol. The monoisotopic (exact) mass is 319 g/mol. The summed E-state index contributed by atoms with van der Waals surface area (Å²) in [6.07, 6.45) is 5.63. The van der Waals surface area contributed by atoms with Gasteiger partial charge in [-0.2, -0.15) is 0 Å². The van der Waals surface area contributed by atoms with Crippen molar-refractivity contribution in [2.24, 2.45) is 5.92 Å². The average Bonchev–Trinajstić information content (AvgIpc) is 2.84. The zero-order chi connectivity index (χ0) is 15.4. The van der Waals surface area contributed by atoms with Crippen molar-refractivity contribution in [3.63, 3.8) is 0 Å². The van der Waals surface area contributed by atoms with Gasteiger partial charge in [0.1, 0.15) is 0 Å². The third kappa shape index (κ3) is 3.83. The Morgan fingerprint density at radius 3 is 3.09 bits per heavy atom. The second-order valence-electron chi connectivity index (χ2n) is 5.25. The van der Waals surface area contributed by atoms with Gasteiger partial charge in [-0.3, -0.25) is 14.9 Å². The third-order valence-electron chi connectivity index (χ3n) is 3.55. The third-order valence-corrected chi connectivity index (χ3v) is 4.36. The number of thioether (sulfide) groups is 1. The molecule has 2 aliphatic heterocycles. The number of imide groups is 1. The number of aromatic nitrogens is 2. The molecular weight excluding hydrogens is 302 g/mol. The van der Waals surface area contributed by atoms with E-state index in [1.54, 1.807) is 18.3 Å². The van der Waals surface area contributed by atoms with Gasteiger partial charge < -0.3 is 10.6 Å². The quantitative estimate of drug-likeness (QED) is 0.718. The topological polar surface area (TPSA) is 96.0 Å². The van der Waals surface area contributed by atoms with E-state index in [1.165, 1.54) is 12.8 Å². The molecule has 0 spiro atoms. The molecule has 2 amide bonds. The zero-order valence-corrected chi connectivity index (χ0v) is 12.8. The summed E-state index contributed by atoms with van der Waals surface area (Å²) in [7, 11) is 0. The van der Waals surface area contributed by atoms with E-state index in [0.29, 0.717) is 22.5 Å². The minimum atomic E-state index is -0.378. The number of carbonyl (C=O) groups excluding carboxylic acids is 2. The fourth-order valence-corrected chi connectivity index (χ4v) is 3.09. The summed E-state index contributed by atoms with van der Waals surface area (Å²) in [4.78, 5) is 31.6. The highest BCUT2D eigenvalue weighted by Gasteiger charge is 2.25. The molecule has 8 heteroatoms. The number of carbonyl (C=O) groups is 2. The van der Waals surface area contributed by atoms with Crippen molar-refractivity contribution >= 4 is 34.9 Å². The summed E-state index contributed by atoms with van der Waals surface area (Å²) < 4.78 is 0. The van der Waals surface area contributed by atoms with Gasteiger partial charge in [-0.05, 0) is 55.8 Å². The maximum absolute atomic E-state index is 11.5. The fraction of sp³-hybridized carbons (Fsp3) is 0.429. The zero-order valence-electron chi connectivity index (χ0n) is 12.0. The van der Waals surface area contributed by atoms with E-state index in [9.17, 15) is 9.59 Å². The van der Waals surface area contributed by atoms with Crippen LogP contribution in [0.4, 0.5) is 10.7 Å². The number of nitrogens with one attached hydrogen (secondary N) is 3. The molecule has 2 fully saturated rings. The normalized spacial score (nSPS) is 23.6. The molecule has 22 heavy (non-hydrogen) atoms. The van der Waals surface area contributed by atoms with Crippen molar-refractivity contribution in [3.05, 3.63) is 22.9 Å². The molecule has 3 heterocycles. The lowest BCUT2D eigenvalue weighted by Crippen LogP contribution is -2.33. The van der Waals surface area contributed by atoms with Gasteiger partial charge in [0.15, 0.2) is 0 Å². The first-order valence-corrected chi connectivity index (χ1v) is 8.05. The molecule has 1 atom stereocenters. The highest BCUT2D eigenvalue weighted by Crippen LogP contribution is 2.25. The fourth-order valence-electron chi connectivity index (χ4n) is 2.43. The van der Waals surface area contributed by atoms with Crippen LogP contribution in [0.2, 0.25) is 0 Å². The molecule has 3 N–H and O–H groups in total. The molecule has 2 saturated heterocycles. The Kier molecular flexibility index (Phi) is 4.69. The molecule has 0 aromatic carbocycles. The van der Waals surface area contributed by atoms with Gasteiger partial charge in [0.2, 0.25) is 5.95 Å². The van der Waals surface area contributed by atoms with E-state index >= 15 is 0 Å². The summed E-state index contributed by atoms with van der Waals surface area (Å²) in [5.74, 6) is 0.735. The standard InChI is InChI=1S/C14H17N5O2S/c20-12-11(22-14(21)19-12)6-10-3-5-16-13(18-10)17-8-9-2-1-4-15-7-9/h3,5-6,9,15H,1-2,4,7-8H2,(H,16,17,18)(H,19,20,21). The van der Waals surface area contributed by atoms with Gasteiger partial charge in [0, 0.05) is 12.7 Å². The highest BCUT2D eigenvalue weighted by atomic mass is 32.2. The Hall–Kier alpha value is -1.93. The molecule has 1 unspecified atom stereocenters. The summed E-state index contributed by atoms with van der Waals surface area (Å²) in [6, 6.07) is 1.71. The van der Waals surface area contributed by atoms with Crippen LogP contribution in [0.3, 0.4) is 0 Å². The Morgan fingerprint density at radius 1 is 1.45 bits per heavy atom. The van der Waals surface area contributed by atoms with E-state index in [2.05, 4.69) is 25.9 Å². The van der Waals surface area contributed by atoms with Crippen LogP contribution in [-0.2, 0) is 4.79 Å². The molecule has 0 radical (unpaired) electrons. The maximum atomic E-state index is 11.5. The lowest BCUT2D eigenvalue weighted by molar-refractivity contribution is -0.115. The maximum Gasteiger partial charge on any atom is 0.290 e. The molecule has 1 aromatic heterocycles. The first-order valence-electron chi connectivity index (χ1n) is 7.23. The van der Waals surface area contributed by atoms with Crippen LogP contribution in [0, 0.1) is 5.92 Å². The number of nitrogens with zero attached hydrogens (tertiary/aromatic N) is 2. The number of rotatable bonds is 4. The molecule has 2 aliphatic rings. The van der Waals surface area contributed by atoms with Crippen molar-refractivity contribution in [2.45, 2.75) is 12.8 Å². The summed E-state index contributed by atoms with van der Waals surface area (Å²) in [5, 5.41) is 8.47. The molecule has 0 bridgehead atoms. The second kappa shape index (κ2) is 6.89. The lowest BCUT2D eigenvalue weighted by atomic mass is 10.00. The van der Waals surface area contributed by atoms with Crippen LogP contribution in [0.15, 0.2) is 17.2 Å². The van der Waals surface area contributed by atoms with Crippen LogP contribution in [-0.4, -0.2) is 40.7 Å². The smallest absolute Gasteiger partial charge is 0.290 e. The van der Waals surface area contributed by atoms with Crippen LogP contribution in [0.1, 0.15) is 18.5 Å². The van der Waals surface area contributed by atoms with Crippen molar-refractivity contribution in [2.75, 3.05) is 25.0 Å². The molecule has 1 aromatic rings. The van der Waals surface area contributed by atoms with Gasteiger partial charge in [-0.15, -0.1) is 0 Å². The van der Waals surface area contributed by atoms with Gasteiger partial charge >= 0.3 is 0 Å². The van der Waals surface area contributed by atoms with E-state index in [0.717, 1.165) is 31.4 Å². The Labute approximate surface area is 132 Å². The first-order chi connectivity index (χ1) is 10.7. The predicted octanol–water partition coefficient (Wildman–Crippen LogP) is 1.21. The van der Waals surface area contributed by atoms with Crippen molar-refractivity contribution in [1.29, 1.82) is 0 Å². The number of piperidine rings is 1.